The maximum Gasteiger partial charge on any atom is 0.00644 e. The lowest BCUT2D eigenvalue weighted by atomic mass is 9.81. The molecule has 0 saturated heterocycles. The van der Waals surface area contributed by atoms with Gasteiger partial charge in [0, 0.05) is 6.04 Å². The van der Waals surface area contributed by atoms with Crippen LogP contribution in [0, 0.1) is 6.92 Å². The molecule has 0 bridgehead atoms. The second kappa shape index (κ2) is 5.34. The van der Waals surface area contributed by atoms with Gasteiger partial charge in [0.1, 0.15) is 0 Å². The molecule has 0 radical (unpaired) electrons. The van der Waals surface area contributed by atoms with Crippen molar-refractivity contribution < 1.29 is 0 Å². The number of hydrogen-bond acceptors (Lipinski definition) is 1. The van der Waals surface area contributed by atoms with Gasteiger partial charge in [-0.05, 0) is 61.9 Å². The van der Waals surface area contributed by atoms with Crippen molar-refractivity contribution in [1.29, 1.82) is 0 Å². The minimum absolute atomic E-state index is 0.736. The SMILES string of the molecule is CNC1CCC(c2ccc3cc(C)ccc3c2)CC1. The fourth-order valence-electron chi connectivity index (χ4n) is 3.35. The van der Waals surface area contributed by atoms with E-state index >= 15 is 0 Å². The quantitative estimate of drug-likeness (QED) is 0.836. The van der Waals surface area contributed by atoms with Gasteiger partial charge in [0.15, 0.2) is 0 Å². The zero-order valence-electron chi connectivity index (χ0n) is 11.9. The molecule has 1 nitrogen and oxygen atoms in total. The van der Waals surface area contributed by atoms with Crippen LogP contribution in [0.3, 0.4) is 0 Å². The first kappa shape index (κ1) is 12.7. The van der Waals surface area contributed by atoms with Gasteiger partial charge in [-0.3, -0.25) is 0 Å². The van der Waals surface area contributed by atoms with Crippen LogP contribution in [0.15, 0.2) is 36.4 Å². The van der Waals surface area contributed by atoms with Gasteiger partial charge in [-0.15, -0.1) is 0 Å². The highest BCUT2D eigenvalue weighted by Gasteiger charge is 2.21. The minimum atomic E-state index is 0.736. The molecule has 0 aliphatic heterocycles. The van der Waals surface area contributed by atoms with Gasteiger partial charge in [0.05, 0.1) is 0 Å². The Morgan fingerprint density at radius 1 is 0.895 bits per heavy atom. The Labute approximate surface area is 116 Å². The van der Waals surface area contributed by atoms with Crippen LogP contribution in [0.25, 0.3) is 10.8 Å². The van der Waals surface area contributed by atoms with Gasteiger partial charge in [0.25, 0.3) is 0 Å². The highest BCUT2D eigenvalue weighted by Crippen LogP contribution is 2.34. The van der Waals surface area contributed by atoms with E-state index in [0.717, 1.165) is 12.0 Å². The molecule has 0 atom stereocenters. The molecule has 0 spiro atoms. The van der Waals surface area contributed by atoms with E-state index in [1.807, 2.05) is 0 Å². The summed E-state index contributed by atoms with van der Waals surface area (Å²) in [5.41, 5.74) is 2.88. The fourth-order valence-corrected chi connectivity index (χ4v) is 3.35. The molecule has 2 aromatic carbocycles. The second-order valence-corrected chi connectivity index (χ2v) is 5.95. The smallest absolute Gasteiger partial charge is 0.00644 e. The Hall–Kier alpha value is -1.34. The average Bonchev–Trinajstić information content (AvgIpc) is 2.47. The molecule has 1 heteroatoms. The summed E-state index contributed by atoms with van der Waals surface area (Å²) in [5, 5.41) is 6.17. The summed E-state index contributed by atoms with van der Waals surface area (Å²) >= 11 is 0. The summed E-state index contributed by atoms with van der Waals surface area (Å²) in [6.45, 7) is 2.16. The normalized spacial score (nSPS) is 23.7. The predicted octanol–water partition coefficient (Wildman–Crippen LogP) is 4.39. The molecule has 0 unspecified atom stereocenters. The van der Waals surface area contributed by atoms with Crippen LogP contribution in [0.2, 0.25) is 0 Å². The van der Waals surface area contributed by atoms with Gasteiger partial charge in [-0.1, -0.05) is 42.0 Å². The third-order valence-corrected chi connectivity index (χ3v) is 4.63. The van der Waals surface area contributed by atoms with Gasteiger partial charge in [-0.2, -0.15) is 0 Å². The van der Waals surface area contributed by atoms with Crippen molar-refractivity contribution in [2.45, 2.75) is 44.6 Å². The maximum atomic E-state index is 3.41. The lowest BCUT2D eigenvalue weighted by Gasteiger charge is -2.28. The van der Waals surface area contributed by atoms with Crippen molar-refractivity contribution in [1.82, 2.24) is 5.32 Å². The molecule has 0 aromatic heterocycles. The third kappa shape index (κ3) is 2.66. The van der Waals surface area contributed by atoms with E-state index in [-0.39, 0.29) is 0 Å². The Morgan fingerprint density at radius 3 is 2.32 bits per heavy atom. The minimum Gasteiger partial charge on any atom is -0.317 e. The van der Waals surface area contributed by atoms with E-state index in [1.54, 1.807) is 0 Å². The topological polar surface area (TPSA) is 12.0 Å². The van der Waals surface area contributed by atoms with E-state index < -0.39 is 0 Å². The fraction of sp³-hybridized carbons (Fsp3) is 0.444. The van der Waals surface area contributed by atoms with E-state index in [4.69, 9.17) is 0 Å². The Bertz CT molecular complexity index is 565. The highest BCUT2D eigenvalue weighted by molar-refractivity contribution is 5.83. The molecule has 1 aliphatic rings. The van der Waals surface area contributed by atoms with Crippen molar-refractivity contribution in [3.63, 3.8) is 0 Å². The van der Waals surface area contributed by atoms with E-state index in [2.05, 4.69) is 55.7 Å². The molecule has 3 rings (SSSR count). The van der Waals surface area contributed by atoms with Gasteiger partial charge >= 0.3 is 0 Å². The largest absolute Gasteiger partial charge is 0.317 e. The van der Waals surface area contributed by atoms with Crippen LogP contribution in [0.5, 0.6) is 0 Å². The van der Waals surface area contributed by atoms with E-state index in [1.165, 1.54) is 47.6 Å². The van der Waals surface area contributed by atoms with Crippen LogP contribution in [-0.4, -0.2) is 13.1 Å². The van der Waals surface area contributed by atoms with Crippen molar-refractivity contribution in [2.24, 2.45) is 0 Å². The van der Waals surface area contributed by atoms with E-state index in [0.29, 0.717) is 0 Å². The number of nitrogens with one attached hydrogen (secondary N) is 1. The number of rotatable bonds is 2. The van der Waals surface area contributed by atoms with Crippen LogP contribution in [-0.2, 0) is 0 Å². The molecule has 1 N–H and O–H groups in total. The number of benzene rings is 2. The monoisotopic (exact) mass is 253 g/mol. The highest BCUT2D eigenvalue weighted by atomic mass is 14.9. The van der Waals surface area contributed by atoms with Gasteiger partial charge in [0.2, 0.25) is 0 Å². The zero-order valence-corrected chi connectivity index (χ0v) is 11.9. The summed E-state index contributed by atoms with van der Waals surface area (Å²) < 4.78 is 0. The molecule has 1 aliphatic carbocycles. The standard InChI is InChI=1S/C18H23N/c1-13-3-4-17-12-16(6-5-15(17)11-13)14-7-9-18(19-2)10-8-14/h3-6,11-12,14,18-19H,7-10H2,1-2H3. The second-order valence-electron chi connectivity index (χ2n) is 5.95. The Morgan fingerprint density at radius 2 is 1.58 bits per heavy atom. The van der Waals surface area contributed by atoms with Crippen molar-refractivity contribution in [2.75, 3.05) is 7.05 Å². The van der Waals surface area contributed by atoms with Crippen LogP contribution < -0.4 is 5.32 Å². The van der Waals surface area contributed by atoms with E-state index in [9.17, 15) is 0 Å². The lowest BCUT2D eigenvalue weighted by molar-refractivity contribution is 0.359. The van der Waals surface area contributed by atoms with Crippen LogP contribution in [0.4, 0.5) is 0 Å². The number of aryl methyl sites for hydroxylation is 1. The molecule has 19 heavy (non-hydrogen) atoms. The van der Waals surface area contributed by atoms with Crippen molar-refractivity contribution >= 4 is 10.8 Å². The van der Waals surface area contributed by atoms with Crippen LogP contribution >= 0.6 is 0 Å². The Kier molecular flexibility index (Phi) is 3.56. The van der Waals surface area contributed by atoms with Crippen molar-refractivity contribution in [3.05, 3.63) is 47.5 Å². The molecular weight excluding hydrogens is 230 g/mol. The summed E-state index contributed by atoms with van der Waals surface area (Å²) in [5.74, 6) is 0.760. The summed E-state index contributed by atoms with van der Waals surface area (Å²) in [7, 11) is 2.09. The van der Waals surface area contributed by atoms with Gasteiger partial charge in [-0.25, -0.2) is 0 Å². The molecule has 1 fully saturated rings. The molecule has 0 amide bonds. The average molecular weight is 253 g/mol. The maximum absolute atomic E-state index is 3.41. The summed E-state index contributed by atoms with van der Waals surface area (Å²) in [4.78, 5) is 0. The first-order valence-corrected chi connectivity index (χ1v) is 7.44. The zero-order chi connectivity index (χ0) is 13.2. The third-order valence-electron chi connectivity index (χ3n) is 4.63. The molecule has 1 saturated carbocycles. The molecule has 100 valence electrons. The molecule has 0 heterocycles. The first-order chi connectivity index (χ1) is 9.26. The summed E-state index contributed by atoms with van der Waals surface area (Å²) in [6.07, 6.45) is 5.27. The summed E-state index contributed by atoms with van der Waals surface area (Å²) in [6, 6.07) is 14.5. The lowest BCUT2D eigenvalue weighted by Crippen LogP contribution is -2.29. The first-order valence-electron chi connectivity index (χ1n) is 7.44. The molecular formula is C18H23N. The number of fused-ring (bicyclic) bond motifs is 1. The van der Waals surface area contributed by atoms with Crippen molar-refractivity contribution in [3.8, 4) is 0 Å². The van der Waals surface area contributed by atoms with Gasteiger partial charge < -0.3 is 5.32 Å². The molecule has 2 aromatic rings. The van der Waals surface area contributed by atoms with Crippen LogP contribution in [0.1, 0.15) is 42.7 Å². The predicted molar refractivity (Wildman–Crippen MR) is 82.7 cm³/mol. The number of hydrogen-bond donors (Lipinski definition) is 1. The Balaban J connectivity index is 1.84.